The lowest BCUT2D eigenvalue weighted by atomic mass is 10.0. The van der Waals surface area contributed by atoms with Crippen molar-refractivity contribution in [1.82, 2.24) is 9.78 Å². The van der Waals surface area contributed by atoms with Crippen molar-refractivity contribution in [3.8, 4) is 0 Å². The minimum absolute atomic E-state index is 0.211. The maximum absolute atomic E-state index is 10.1. The van der Waals surface area contributed by atoms with Gasteiger partial charge < -0.3 is 9.84 Å². The van der Waals surface area contributed by atoms with Crippen molar-refractivity contribution in [3.05, 3.63) is 16.9 Å². The summed E-state index contributed by atoms with van der Waals surface area (Å²) in [6.45, 7) is 4.31. The van der Waals surface area contributed by atoms with E-state index in [9.17, 15) is 5.11 Å². The zero-order valence-electron chi connectivity index (χ0n) is 8.62. The highest BCUT2D eigenvalue weighted by Crippen LogP contribution is 2.27. The Morgan fingerprint density at radius 2 is 2.36 bits per heavy atom. The van der Waals surface area contributed by atoms with Crippen LogP contribution < -0.4 is 0 Å². The lowest BCUT2D eigenvalue weighted by molar-refractivity contribution is -0.0394. The molecule has 0 fully saturated rings. The fourth-order valence-electron chi connectivity index (χ4n) is 1.39. The van der Waals surface area contributed by atoms with E-state index in [4.69, 9.17) is 16.3 Å². The summed E-state index contributed by atoms with van der Waals surface area (Å²) in [7, 11) is 1.74. The van der Waals surface area contributed by atoms with E-state index < -0.39 is 5.60 Å². The van der Waals surface area contributed by atoms with Crippen LogP contribution in [0.3, 0.4) is 0 Å². The van der Waals surface area contributed by atoms with Gasteiger partial charge in [-0.3, -0.25) is 4.68 Å². The minimum Gasteiger partial charge on any atom is -0.381 e. The van der Waals surface area contributed by atoms with E-state index in [2.05, 4.69) is 5.10 Å². The summed E-state index contributed by atoms with van der Waals surface area (Å²) in [5.41, 5.74) is -0.522. The standard InChI is InChI=1S/C9H15ClN2O2/c1-4-14-6-9(2,13)8-7(10)5-11-12(8)3/h5,13H,4,6H2,1-3H3. The van der Waals surface area contributed by atoms with Crippen LogP contribution in [0.1, 0.15) is 19.5 Å². The number of hydrogen-bond acceptors (Lipinski definition) is 3. The molecule has 0 aromatic carbocycles. The molecule has 1 rings (SSSR count). The predicted molar refractivity (Wildman–Crippen MR) is 54.3 cm³/mol. The van der Waals surface area contributed by atoms with Gasteiger partial charge in [0.1, 0.15) is 5.60 Å². The Balaban J connectivity index is 2.90. The average Bonchev–Trinajstić information content (AvgIpc) is 2.43. The van der Waals surface area contributed by atoms with Crippen LogP contribution in [0.4, 0.5) is 0 Å². The predicted octanol–water partition coefficient (Wildman–Crippen LogP) is 1.32. The van der Waals surface area contributed by atoms with Gasteiger partial charge in [0.25, 0.3) is 0 Å². The number of rotatable bonds is 4. The van der Waals surface area contributed by atoms with E-state index in [1.54, 1.807) is 18.7 Å². The van der Waals surface area contributed by atoms with Gasteiger partial charge in [-0.2, -0.15) is 5.10 Å². The molecule has 0 aliphatic rings. The highest BCUT2D eigenvalue weighted by Gasteiger charge is 2.29. The molecule has 1 aromatic rings. The van der Waals surface area contributed by atoms with E-state index in [0.29, 0.717) is 17.3 Å². The molecule has 5 heteroatoms. The second-order valence-electron chi connectivity index (χ2n) is 3.38. The number of aryl methyl sites for hydroxylation is 1. The van der Waals surface area contributed by atoms with Crippen LogP contribution >= 0.6 is 11.6 Å². The first-order valence-electron chi connectivity index (χ1n) is 4.47. The summed E-state index contributed by atoms with van der Waals surface area (Å²) in [5.74, 6) is 0. The first kappa shape index (κ1) is 11.5. The fraction of sp³-hybridized carbons (Fsp3) is 0.667. The normalized spacial score (nSPS) is 15.5. The Morgan fingerprint density at radius 3 is 2.79 bits per heavy atom. The highest BCUT2D eigenvalue weighted by atomic mass is 35.5. The number of hydrogen-bond donors (Lipinski definition) is 1. The molecule has 1 unspecified atom stereocenters. The van der Waals surface area contributed by atoms with E-state index in [1.807, 2.05) is 6.92 Å². The summed E-state index contributed by atoms with van der Waals surface area (Å²) in [6.07, 6.45) is 1.51. The molecule has 0 bridgehead atoms. The van der Waals surface area contributed by atoms with Gasteiger partial charge in [-0.1, -0.05) is 11.6 Å². The first-order valence-corrected chi connectivity index (χ1v) is 4.85. The van der Waals surface area contributed by atoms with Gasteiger partial charge >= 0.3 is 0 Å². The summed E-state index contributed by atoms with van der Waals surface area (Å²) in [6, 6.07) is 0. The second kappa shape index (κ2) is 4.29. The number of ether oxygens (including phenoxy) is 1. The molecule has 0 radical (unpaired) electrons. The van der Waals surface area contributed by atoms with Crippen LogP contribution in [0.15, 0.2) is 6.20 Å². The summed E-state index contributed by atoms with van der Waals surface area (Å²) in [5, 5.41) is 14.5. The van der Waals surface area contributed by atoms with Gasteiger partial charge in [0.15, 0.2) is 0 Å². The number of aromatic nitrogens is 2. The molecule has 0 saturated carbocycles. The second-order valence-corrected chi connectivity index (χ2v) is 3.78. The average molecular weight is 219 g/mol. The maximum Gasteiger partial charge on any atom is 0.128 e. The van der Waals surface area contributed by atoms with Crippen molar-refractivity contribution in [3.63, 3.8) is 0 Å². The lowest BCUT2D eigenvalue weighted by Crippen LogP contribution is -2.30. The third-order valence-electron chi connectivity index (χ3n) is 1.99. The van der Waals surface area contributed by atoms with Crippen LogP contribution in [0.5, 0.6) is 0 Å². The molecule has 1 heterocycles. The van der Waals surface area contributed by atoms with E-state index >= 15 is 0 Å². The fourth-order valence-corrected chi connectivity index (χ4v) is 1.76. The molecular weight excluding hydrogens is 204 g/mol. The molecule has 0 aliphatic heterocycles. The molecule has 80 valence electrons. The summed E-state index contributed by atoms with van der Waals surface area (Å²) >= 11 is 5.91. The molecule has 14 heavy (non-hydrogen) atoms. The van der Waals surface area contributed by atoms with Crippen LogP contribution in [-0.4, -0.2) is 28.1 Å². The number of aliphatic hydroxyl groups is 1. The highest BCUT2D eigenvalue weighted by molar-refractivity contribution is 6.31. The smallest absolute Gasteiger partial charge is 0.128 e. The Bertz CT molecular complexity index is 290. The SMILES string of the molecule is CCOCC(C)(O)c1c(Cl)cnn1C. The minimum atomic E-state index is -1.10. The number of halogens is 1. The van der Waals surface area contributed by atoms with Crippen molar-refractivity contribution in [2.45, 2.75) is 19.4 Å². The summed E-state index contributed by atoms with van der Waals surface area (Å²) < 4.78 is 6.74. The van der Waals surface area contributed by atoms with Crippen LogP contribution in [0.25, 0.3) is 0 Å². The van der Waals surface area contributed by atoms with Crippen molar-refractivity contribution < 1.29 is 9.84 Å². The van der Waals surface area contributed by atoms with Crippen molar-refractivity contribution in [2.75, 3.05) is 13.2 Å². The quantitative estimate of drug-likeness (QED) is 0.829. The van der Waals surface area contributed by atoms with Gasteiger partial charge in [0.2, 0.25) is 0 Å². The van der Waals surface area contributed by atoms with Gasteiger partial charge in [-0.25, -0.2) is 0 Å². The third-order valence-corrected chi connectivity index (χ3v) is 2.27. The molecule has 0 aliphatic carbocycles. The molecular formula is C9H15ClN2O2. The Hall–Kier alpha value is -0.580. The zero-order chi connectivity index (χ0) is 10.8. The van der Waals surface area contributed by atoms with E-state index in [-0.39, 0.29) is 6.61 Å². The molecule has 4 nitrogen and oxygen atoms in total. The number of nitrogens with zero attached hydrogens (tertiary/aromatic N) is 2. The molecule has 1 N–H and O–H groups in total. The first-order chi connectivity index (χ1) is 6.49. The van der Waals surface area contributed by atoms with Crippen LogP contribution in [0, 0.1) is 0 Å². The molecule has 0 saturated heterocycles. The third kappa shape index (κ3) is 2.26. The van der Waals surface area contributed by atoms with Crippen molar-refractivity contribution >= 4 is 11.6 Å². The maximum atomic E-state index is 10.1. The molecule has 1 aromatic heterocycles. The lowest BCUT2D eigenvalue weighted by Gasteiger charge is -2.23. The van der Waals surface area contributed by atoms with Crippen LogP contribution in [-0.2, 0) is 17.4 Å². The summed E-state index contributed by atoms with van der Waals surface area (Å²) in [4.78, 5) is 0. The monoisotopic (exact) mass is 218 g/mol. The topological polar surface area (TPSA) is 47.3 Å². The van der Waals surface area contributed by atoms with Crippen molar-refractivity contribution in [2.24, 2.45) is 7.05 Å². The van der Waals surface area contributed by atoms with Gasteiger partial charge in [0.05, 0.1) is 23.5 Å². The Labute approximate surface area is 88.4 Å². The van der Waals surface area contributed by atoms with E-state index in [0.717, 1.165) is 0 Å². The van der Waals surface area contributed by atoms with Crippen LogP contribution in [0.2, 0.25) is 5.02 Å². The van der Waals surface area contributed by atoms with Gasteiger partial charge in [0, 0.05) is 13.7 Å². The van der Waals surface area contributed by atoms with Gasteiger partial charge in [-0.05, 0) is 13.8 Å². The van der Waals surface area contributed by atoms with Gasteiger partial charge in [-0.15, -0.1) is 0 Å². The zero-order valence-corrected chi connectivity index (χ0v) is 9.38. The molecule has 1 atom stereocenters. The van der Waals surface area contributed by atoms with Crippen molar-refractivity contribution in [1.29, 1.82) is 0 Å². The Morgan fingerprint density at radius 1 is 1.71 bits per heavy atom. The molecule has 0 spiro atoms. The largest absolute Gasteiger partial charge is 0.381 e. The molecule has 0 amide bonds. The Kier molecular flexibility index (Phi) is 3.53. The van der Waals surface area contributed by atoms with E-state index in [1.165, 1.54) is 6.20 Å².